The summed E-state index contributed by atoms with van der Waals surface area (Å²) in [5.74, 6) is -0.755. The zero-order valence-electron chi connectivity index (χ0n) is 8.74. The van der Waals surface area contributed by atoms with Crippen molar-refractivity contribution in [2.75, 3.05) is 7.11 Å². The number of pyridine rings is 1. The Morgan fingerprint density at radius 2 is 1.94 bits per heavy atom. The maximum Gasteiger partial charge on any atom is 0.512 e. The molecule has 0 saturated carbocycles. The molecule has 0 radical (unpaired) electrons. The number of ether oxygens (including phenoxy) is 3. The van der Waals surface area contributed by atoms with E-state index in [-0.39, 0.29) is 12.4 Å². The number of methoxy groups -OCH3 is 1. The van der Waals surface area contributed by atoms with Gasteiger partial charge in [-0.25, -0.2) is 14.6 Å². The van der Waals surface area contributed by atoms with Gasteiger partial charge in [-0.05, 0) is 6.07 Å². The molecule has 0 saturated heterocycles. The number of hydrogen-bond acceptors (Lipinski definition) is 6. The summed E-state index contributed by atoms with van der Waals surface area (Å²) in [5, 5.41) is 16.9. The predicted octanol–water partition coefficient (Wildman–Crippen LogP) is 1.34. The van der Waals surface area contributed by atoms with Gasteiger partial charge in [0.05, 0.1) is 6.61 Å². The minimum Gasteiger partial charge on any atom is -0.449 e. The van der Waals surface area contributed by atoms with E-state index in [1.165, 1.54) is 19.4 Å². The summed E-state index contributed by atoms with van der Waals surface area (Å²) in [4.78, 5) is 24.3. The maximum atomic E-state index is 10.4. The summed E-state index contributed by atoms with van der Waals surface area (Å²) >= 11 is 0. The monoisotopic (exact) mass is 243 g/mol. The van der Waals surface area contributed by atoms with E-state index in [0.29, 0.717) is 5.56 Å². The number of aromatic nitrogens is 1. The number of rotatable bonds is 4. The highest BCUT2D eigenvalue weighted by Gasteiger charge is 2.15. The number of carbonyl (C=O) groups is 2. The van der Waals surface area contributed by atoms with Crippen LogP contribution in [0.15, 0.2) is 12.3 Å². The zero-order valence-corrected chi connectivity index (χ0v) is 8.74. The van der Waals surface area contributed by atoms with Gasteiger partial charge in [-0.15, -0.1) is 0 Å². The Bertz CT molecular complexity index is 431. The first-order chi connectivity index (χ1) is 8.02. The van der Waals surface area contributed by atoms with E-state index >= 15 is 0 Å². The van der Waals surface area contributed by atoms with Crippen molar-refractivity contribution in [1.82, 2.24) is 4.98 Å². The van der Waals surface area contributed by atoms with Crippen molar-refractivity contribution < 1.29 is 34.0 Å². The fourth-order valence-electron chi connectivity index (χ4n) is 1.04. The molecule has 0 bridgehead atoms. The Morgan fingerprint density at radius 3 is 2.47 bits per heavy atom. The molecular weight excluding hydrogens is 234 g/mol. The third-order valence-electron chi connectivity index (χ3n) is 1.57. The van der Waals surface area contributed by atoms with E-state index in [0.717, 1.165) is 0 Å². The van der Waals surface area contributed by atoms with Crippen LogP contribution in [-0.2, 0) is 11.3 Å². The quantitative estimate of drug-likeness (QED) is 0.761. The molecule has 0 amide bonds. The maximum absolute atomic E-state index is 10.4. The van der Waals surface area contributed by atoms with Crippen LogP contribution in [0.4, 0.5) is 9.59 Å². The van der Waals surface area contributed by atoms with Crippen molar-refractivity contribution in [3.8, 4) is 11.6 Å². The molecule has 0 atom stereocenters. The molecule has 0 aromatic carbocycles. The van der Waals surface area contributed by atoms with Crippen LogP contribution in [0.5, 0.6) is 11.6 Å². The molecule has 1 heterocycles. The molecule has 1 aromatic heterocycles. The van der Waals surface area contributed by atoms with Gasteiger partial charge in [0, 0.05) is 18.9 Å². The summed E-state index contributed by atoms with van der Waals surface area (Å²) in [7, 11) is 1.44. The molecular formula is C9H9NO7. The second-order valence-electron chi connectivity index (χ2n) is 2.82. The van der Waals surface area contributed by atoms with Crippen molar-refractivity contribution >= 4 is 12.3 Å². The smallest absolute Gasteiger partial charge is 0.449 e. The Morgan fingerprint density at radius 1 is 1.29 bits per heavy atom. The highest BCUT2D eigenvalue weighted by Crippen LogP contribution is 2.26. The standard InChI is InChI=1S/C9H9NO7/c1-15-4-5-2-6(16-8(11)12)7(10-3-5)17-9(13)14/h2-3H,4H2,1H3,(H,11,12)(H,13,14). The third-order valence-corrected chi connectivity index (χ3v) is 1.57. The van der Waals surface area contributed by atoms with Gasteiger partial charge in [0.1, 0.15) is 0 Å². The van der Waals surface area contributed by atoms with E-state index in [2.05, 4.69) is 14.5 Å². The average Bonchev–Trinajstić information content (AvgIpc) is 2.21. The largest absolute Gasteiger partial charge is 0.512 e. The lowest BCUT2D eigenvalue weighted by atomic mass is 10.3. The van der Waals surface area contributed by atoms with Crippen molar-refractivity contribution in [2.45, 2.75) is 6.61 Å². The number of carboxylic acid groups (broad SMARTS) is 2. The van der Waals surface area contributed by atoms with Gasteiger partial charge in [-0.1, -0.05) is 0 Å². The normalized spacial score (nSPS) is 9.71. The van der Waals surface area contributed by atoms with Gasteiger partial charge in [0.2, 0.25) is 0 Å². The summed E-state index contributed by atoms with van der Waals surface area (Å²) in [6, 6.07) is 1.27. The fraction of sp³-hybridized carbons (Fsp3) is 0.222. The van der Waals surface area contributed by atoms with Gasteiger partial charge in [-0.3, -0.25) is 0 Å². The molecule has 1 rings (SSSR count). The molecule has 8 heteroatoms. The van der Waals surface area contributed by atoms with Crippen LogP contribution >= 0.6 is 0 Å². The molecule has 0 fully saturated rings. The van der Waals surface area contributed by atoms with Crippen molar-refractivity contribution in [2.24, 2.45) is 0 Å². The highest BCUT2D eigenvalue weighted by molar-refractivity contribution is 5.65. The minimum absolute atomic E-state index is 0.177. The molecule has 0 unspecified atom stereocenters. The lowest BCUT2D eigenvalue weighted by molar-refractivity contribution is 0.130. The molecule has 17 heavy (non-hydrogen) atoms. The van der Waals surface area contributed by atoms with Gasteiger partial charge < -0.3 is 24.4 Å². The molecule has 1 aromatic rings. The molecule has 92 valence electrons. The van der Waals surface area contributed by atoms with Gasteiger partial charge >= 0.3 is 12.3 Å². The molecule has 0 aliphatic heterocycles. The molecule has 2 N–H and O–H groups in total. The summed E-state index contributed by atoms with van der Waals surface area (Å²) in [6.45, 7) is 0.177. The fourth-order valence-corrected chi connectivity index (χ4v) is 1.04. The summed E-state index contributed by atoms with van der Waals surface area (Å²) < 4.78 is 13.4. The Balaban J connectivity index is 3.02. The first kappa shape index (κ1) is 12.7. The van der Waals surface area contributed by atoms with Crippen molar-refractivity contribution in [3.05, 3.63) is 17.8 Å². The zero-order chi connectivity index (χ0) is 12.8. The van der Waals surface area contributed by atoms with Crippen LogP contribution < -0.4 is 9.47 Å². The molecule has 0 spiro atoms. The Hall–Kier alpha value is -2.35. The molecule has 0 aliphatic rings. The Labute approximate surface area is 95.4 Å². The van der Waals surface area contributed by atoms with E-state index in [1.54, 1.807) is 0 Å². The van der Waals surface area contributed by atoms with Crippen LogP contribution in [0.1, 0.15) is 5.56 Å². The average molecular weight is 243 g/mol. The van der Waals surface area contributed by atoms with Crippen LogP contribution in [-0.4, -0.2) is 34.6 Å². The molecule has 0 aliphatic carbocycles. The van der Waals surface area contributed by atoms with Gasteiger partial charge in [-0.2, -0.15) is 0 Å². The first-order valence-corrected chi connectivity index (χ1v) is 4.32. The summed E-state index contributed by atoms with van der Waals surface area (Å²) in [6.07, 6.45) is -1.93. The number of nitrogens with zero attached hydrogens (tertiary/aromatic N) is 1. The predicted molar refractivity (Wildman–Crippen MR) is 52.3 cm³/mol. The summed E-state index contributed by atoms with van der Waals surface area (Å²) in [5.41, 5.74) is 0.515. The second-order valence-corrected chi connectivity index (χ2v) is 2.82. The second kappa shape index (κ2) is 5.66. The third kappa shape index (κ3) is 3.95. The number of hydrogen-bond donors (Lipinski definition) is 2. The SMILES string of the molecule is COCc1cnc(OC(=O)O)c(OC(=O)O)c1. The first-order valence-electron chi connectivity index (χ1n) is 4.32. The lowest BCUT2D eigenvalue weighted by Crippen LogP contribution is -2.10. The van der Waals surface area contributed by atoms with E-state index < -0.39 is 18.2 Å². The van der Waals surface area contributed by atoms with E-state index in [1.807, 2.05) is 0 Å². The lowest BCUT2D eigenvalue weighted by Gasteiger charge is -2.07. The van der Waals surface area contributed by atoms with Crippen LogP contribution in [0, 0.1) is 0 Å². The van der Waals surface area contributed by atoms with Crippen LogP contribution in [0.3, 0.4) is 0 Å². The van der Waals surface area contributed by atoms with E-state index in [4.69, 9.17) is 14.9 Å². The van der Waals surface area contributed by atoms with Crippen molar-refractivity contribution in [1.29, 1.82) is 0 Å². The van der Waals surface area contributed by atoms with E-state index in [9.17, 15) is 9.59 Å². The minimum atomic E-state index is -1.62. The topological polar surface area (TPSA) is 115 Å². The molecule has 8 nitrogen and oxygen atoms in total. The van der Waals surface area contributed by atoms with Crippen LogP contribution in [0.25, 0.3) is 0 Å². The van der Waals surface area contributed by atoms with Crippen molar-refractivity contribution in [3.63, 3.8) is 0 Å². The van der Waals surface area contributed by atoms with Gasteiger partial charge in [0.25, 0.3) is 5.88 Å². The highest BCUT2D eigenvalue weighted by atomic mass is 16.7. The Kier molecular flexibility index (Phi) is 4.23. The van der Waals surface area contributed by atoms with Gasteiger partial charge in [0.15, 0.2) is 5.75 Å². The van der Waals surface area contributed by atoms with Crippen LogP contribution in [0.2, 0.25) is 0 Å².